The SMILES string of the molecule is CCc1ccc(OCCCF)c(-c2cc(C(N)=O)c(NC)[nH]2)c1. The predicted octanol–water partition coefficient (Wildman–Crippen LogP) is 3.12. The summed E-state index contributed by atoms with van der Waals surface area (Å²) in [4.78, 5) is 14.7. The maximum absolute atomic E-state index is 12.3. The Bertz CT molecular complexity index is 682. The highest BCUT2D eigenvalue weighted by Crippen LogP contribution is 2.33. The third kappa shape index (κ3) is 3.83. The van der Waals surface area contributed by atoms with Gasteiger partial charge >= 0.3 is 0 Å². The number of anilines is 1. The first-order valence-corrected chi connectivity index (χ1v) is 7.63. The molecule has 2 aromatic rings. The number of benzene rings is 1. The first kappa shape index (κ1) is 16.9. The summed E-state index contributed by atoms with van der Waals surface area (Å²) in [5.74, 6) is 0.697. The smallest absolute Gasteiger partial charge is 0.252 e. The Morgan fingerprint density at radius 3 is 2.74 bits per heavy atom. The first-order chi connectivity index (χ1) is 11.1. The minimum absolute atomic E-state index is 0.303. The molecule has 1 aromatic carbocycles. The van der Waals surface area contributed by atoms with Gasteiger partial charge in [-0.05, 0) is 30.2 Å². The zero-order chi connectivity index (χ0) is 16.8. The molecule has 0 spiro atoms. The molecule has 1 amide bonds. The van der Waals surface area contributed by atoms with E-state index in [9.17, 15) is 9.18 Å². The molecule has 0 bridgehead atoms. The Morgan fingerprint density at radius 1 is 1.39 bits per heavy atom. The maximum Gasteiger partial charge on any atom is 0.252 e. The molecule has 0 radical (unpaired) electrons. The van der Waals surface area contributed by atoms with Gasteiger partial charge in [-0.15, -0.1) is 0 Å². The van der Waals surface area contributed by atoms with E-state index in [-0.39, 0.29) is 0 Å². The summed E-state index contributed by atoms with van der Waals surface area (Å²) in [5, 5.41) is 2.92. The second kappa shape index (κ2) is 7.67. The summed E-state index contributed by atoms with van der Waals surface area (Å²) >= 11 is 0. The fourth-order valence-corrected chi connectivity index (χ4v) is 2.36. The number of nitrogens with two attached hydrogens (primary N) is 1. The van der Waals surface area contributed by atoms with E-state index in [1.54, 1.807) is 13.1 Å². The monoisotopic (exact) mass is 319 g/mol. The highest BCUT2D eigenvalue weighted by atomic mass is 19.1. The Balaban J connectivity index is 2.45. The van der Waals surface area contributed by atoms with Crippen molar-refractivity contribution in [1.29, 1.82) is 0 Å². The number of rotatable bonds is 8. The van der Waals surface area contributed by atoms with Gasteiger partial charge in [-0.2, -0.15) is 0 Å². The topological polar surface area (TPSA) is 80.1 Å². The highest BCUT2D eigenvalue weighted by molar-refractivity contribution is 5.99. The minimum Gasteiger partial charge on any atom is -0.493 e. The van der Waals surface area contributed by atoms with E-state index < -0.39 is 12.6 Å². The van der Waals surface area contributed by atoms with Crippen LogP contribution in [-0.4, -0.2) is 31.2 Å². The van der Waals surface area contributed by atoms with Crippen molar-refractivity contribution in [3.63, 3.8) is 0 Å². The number of H-pyrrole nitrogens is 1. The number of carbonyl (C=O) groups is 1. The van der Waals surface area contributed by atoms with Crippen molar-refractivity contribution < 1.29 is 13.9 Å². The van der Waals surface area contributed by atoms with E-state index in [0.29, 0.717) is 30.2 Å². The third-order valence-electron chi connectivity index (χ3n) is 3.61. The van der Waals surface area contributed by atoms with Gasteiger partial charge in [0.1, 0.15) is 11.6 Å². The van der Waals surface area contributed by atoms with Gasteiger partial charge < -0.3 is 20.8 Å². The second-order valence-corrected chi connectivity index (χ2v) is 5.16. The zero-order valence-corrected chi connectivity index (χ0v) is 13.4. The molecule has 1 aromatic heterocycles. The zero-order valence-electron chi connectivity index (χ0n) is 13.4. The van der Waals surface area contributed by atoms with Gasteiger partial charge in [0.25, 0.3) is 5.91 Å². The molecule has 0 aliphatic heterocycles. The van der Waals surface area contributed by atoms with E-state index in [4.69, 9.17) is 10.5 Å². The first-order valence-electron chi connectivity index (χ1n) is 7.63. The number of aryl methyl sites for hydroxylation is 1. The molecule has 2 rings (SSSR count). The van der Waals surface area contributed by atoms with Gasteiger partial charge in [0.05, 0.1) is 24.5 Å². The normalized spacial score (nSPS) is 10.6. The largest absolute Gasteiger partial charge is 0.493 e. The predicted molar refractivity (Wildman–Crippen MR) is 89.8 cm³/mol. The molecule has 23 heavy (non-hydrogen) atoms. The van der Waals surface area contributed by atoms with Crippen molar-refractivity contribution in [2.45, 2.75) is 19.8 Å². The molecule has 0 saturated heterocycles. The van der Waals surface area contributed by atoms with Crippen LogP contribution in [-0.2, 0) is 6.42 Å². The molecule has 0 aliphatic carbocycles. The van der Waals surface area contributed by atoms with Crippen molar-refractivity contribution >= 4 is 11.7 Å². The highest BCUT2D eigenvalue weighted by Gasteiger charge is 2.16. The summed E-state index contributed by atoms with van der Waals surface area (Å²) in [6, 6.07) is 7.55. The fourth-order valence-electron chi connectivity index (χ4n) is 2.36. The van der Waals surface area contributed by atoms with Crippen LogP contribution in [0.25, 0.3) is 11.3 Å². The van der Waals surface area contributed by atoms with Crippen LogP contribution in [0.4, 0.5) is 10.2 Å². The van der Waals surface area contributed by atoms with E-state index in [0.717, 1.165) is 23.2 Å². The number of aromatic nitrogens is 1. The standard InChI is InChI=1S/C17H22FN3O2/c1-3-11-5-6-15(23-8-4-7-18)12(9-11)14-10-13(16(19)22)17(20-2)21-14/h5-6,9-10,20-21H,3-4,7-8H2,1-2H3,(H2,19,22). The average molecular weight is 319 g/mol. The average Bonchev–Trinajstić information content (AvgIpc) is 2.99. The minimum atomic E-state index is -0.511. The number of aromatic amines is 1. The second-order valence-electron chi connectivity index (χ2n) is 5.16. The van der Waals surface area contributed by atoms with Crippen LogP contribution in [0.15, 0.2) is 24.3 Å². The lowest BCUT2D eigenvalue weighted by Crippen LogP contribution is -2.11. The van der Waals surface area contributed by atoms with E-state index >= 15 is 0 Å². The number of hydrogen-bond donors (Lipinski definition) is 3. The lowest BCUT2D eigenvalue weighted by atomic mass is 10.0. The molecule has 6 heteroatoms. The lowest BCUT2D eigenvalue weighted by molar-refractivity contribution is 0.100. The Morgan fingerprint density at radius 2 is 2.17 bits per heavy atom. The molecule has 4 N–H and O–H groups in total. The van der Waals surface area contributed by atoms with Crippen molar-refractivity contribution in [2.75, 3.05) is 25.6 Å². The quantitative estimate of drug-likeness (QED) is 0.654. The molecule has 1 heterocycles. The van der Waals surface area contributed by atoms with E-state index in [1.165, 1.54) is 0 Å². The molecular formula is C17H22FN3O2. The number of alkyl halides is 1. The van der Waals surface area contributed by atoms with Crippen LogP contribution >= 0.6 is 0 Å². The van der Waals surface area contributed by atoms with E-state index in [2.05, 4.69) is 17.2 Å². The Kier molecular flexibility index (Phi) is 5.62. The number of halogens is 1. The van der Waals surface area contributed by atoms with Crippen LogP contribution in [0.3, 0.4) is 0 Å². The van der Waals surface area contributed by atoms with Crippen LogP contribution in [0.2, 0.25) is 0 Å². The summed E-state index contributed by atoms with van der Waals surface area (Å²) in [5.41, 5.74) is 8.48. The van der Waals surface area contributed by atoms with Gasteiger partial charge in [0.15, 0.2) is 0 Å². The van der Waals surface area contributed by atoms with Gasteiger partial charge in [-0.25, -0.2) is 0 Å². The lowest BCUT2D eigenvalue weighted by Gasteiger charge is -2.12. The molecule has 0 unspecified atom stereocenters. The number of ether oxygens (including phenoxy) is 1. The van der Waals surface area contributed by atoms with Crippen molar-refractivity contribution in [3.05, 3.63) is 35.4 Å². The summed E-state index contributed by atoms with van der Waals surface area (Å²) in [7, 11) is 1.71. The summed E-state index contributed by atoms with van der Waals surface area (Å²) in [6.45, 7) is 1.95. The van der Waals surface area contributed by atoms with Gasteiger partial charge in [-0.3, -0.25) is 9.18 Å². The number of carbonyl (C=O) groups excluding carboxylic acids is 1. The van der Waals surface area contributed by atoms with Crippen LogP contribution in [0.5, 0.6) is 5.75 Å². The van der Waals surface area contributed by atoms with Crippen LogP contribution in [0.1, 0.15) is 29.3 Å². The Hall–Kier alpha value is -2.50. The van der Waals surface area contributed by atoms with Crippen LogP contribution in [0, 0.1) is 0 Å². The molecule has 0 aliphatic rings. The number of amides is 1. The number of primary amides is 1. The third-order valence-corrected chi connectivity index (χ3v) is 3.61. The molecule has 0 atom stereocenters. The summed E-state index contributed by atoms with van der Waals surface area (Å²) < 4.78 is 18.0. The van der Waals surface area contributed by atoms with E-state index in [1.807, 2.05) is 18.2 Å². The molecule has 0 saturated carbocycles. The summed E-state index contributed by atoms with van der Waals surface area (Å²) in [6.07, 6.45) is 1.22. The molecule has 124 valence electrons. The maximum atomic E-state index is 12.3. The number of hydrogen-bond acceptors (Lipinski definition) is 3. The molecule has 5 nitrogen and oxygen atoms in total. The Labute approximate surface area is 135 Å². The van der Waals surface area contributed by atoms with Crippen molar-refractivity contribution in [1.82, 2.24) is 4.98 Å². The number of nitrogens with one attached hydrogen (secondary N) is 2. The van der Waals surface area contributed by atoms with Gasteiger partial charge in [0, 0.05) is 19.0 Å². The van der Waals surface area contributed by atoms with Crippen LogP contribution < -0.4 is 15.8 Å². The molecular weight excluding hydrogens is 297 g/mol. The van der Waals surface area contributed by atoms with Crippen molar-refractivity contribution in [3.8, 4) is 17.0 Å². The molecule has 0 fully saturated rings. The van der Waals surface area contributed by atoms with Gasteiger partial charge in [-0.1, -0.05) is 13.0 Å². The fraction of sp³-hybridized carbons (Fsp3) is 0.353. The van der Waals surface area contributed by atoms with Crippen molar-refractivity contribution in [2.24, 2.45) is 5.73 Å². The van der Waals surface area contributed by atoms with Gasteiger partial charge in [0.2, 0.25) is 0 Å².